The number of aromatic nitrogens is 3. The number of benzene rings is 2. The first kappa shape index (κ1) is 13.6. The van der Waals surface area contributed by atoms with Crippen molar-refractivity contribution in [2.45, 2.75) is 6.54 Å². The molecule has 0 aliphatic heterocycles. The SMILES string of the molecule is Oc1cccc(-c2cncn2Cc2cc3cc(F)ccc3[nH]2)c1. The van der Waals surface area contributed by atoms with E-state index in [1.165, 1.54) is 12.1 Å². The molecule has 0 saturated heterocycles. The molecule has 0 spiro atoms. The van der Waals surface area contributed by atoms with E-state index in [0.717, 1.165) is 27.9 Å². The Hall–Kier alpha value is -3.08. The molecule has 0 saturated carbocycles. The van der Waals surface area contributed by atoms with Crippen LogP contribution in [0.5, 0.6) is 5.75 Å². The van der Waals surface area contributed by atoms with Crippen molar-refractivity contribution in [1.29, 1.82) is 0 Å². The maximum absolute atomic E-state index is 13.3. The summed E-state index contributed by atoms with van der Waals surface area (Å²) in [4.78, 5) is 7.49. The van der Waals surface area contributed by atoms with E-state index in [2.05, 4.69) is 9.97 Å². The van der Waals surface area contributed by atoms with Crippen LogP contribution in [-0.4, -0.2) is 19.6 Å². The Bertz CT molecular complexity index is 987. The minimum atomic E-state index is -0.244. The number of fused-ring (bicyclic) bond motifs is 1. The number of halogens is 1. The van der Waals surface area contributed by atoms with E-state index in [9.17, 15) is 9.50 Å². The van der Waals surface area contributed by atoms with E-state index in [1.54, 1.807) is 36.8 Å². The molecule has 2 heterocycles. The summed E-state index contributed by atoms with van der Waals surface area (Å²) >= 11 is 0. The molecule has 4 rings (SSSR count). The van der Waals surface area contributed by atoms with E-state index < -0.39 is 0 Å². The topological polar surface area (TPSA) is 53.8 Å². The van der Waals surface area contributed by atoms with Gasteiger partial charge in [-0.1, -0.05) is 12.1 Å². The summed E-state index contributed by atoms with van der Waals surface area (Å²) in [7, 11) is 0. The quantitative estimate of drug-likeness (QED) is 0.602. The lowest BCUT2D eigenvalue weighted by molar-refractivity contribution is 0.475. The Balaban J connectivity index is 1.70. The number of imidazole rings is 1. The van der Waals surface area contributed by atoms with Crippen LogP contribution in [0.15, 0.2) is 61.1 Å². The van der Waals surface area contributed by atoms with Gasteiger partial charge >= 0.3 is 0 Å². The minimum Gasteiger partial charge on any atom is -0.508 e. The fraction of sp³-hybridized carbons (Fsp3) is 0.0556. The van der Waals surface area contributed by atoms with Crippen LogP contribution in [0, 0.1) is 5.82 Å². The van der Waals surface area contributed by atoms with E-state index in [-0.39, 0.29) is 11.6 Å². The maximum Gasteiger partial charge on any atom is 0.123 e. The van der Waals surface area contributed by atoms with Crippen LogP contribution in [0.3, 0.4) is 0 Å². The van der Waals surface area contributed by atoms with E-state index >= 15 is 0 Å². The predicted octanol–water partition coefficient (Wildman–Crippen LogP) is 3.92. The molecule has 2 aromatic carbocycles. The van der Waals surface area contributed by atoms with Crippen molar-refractivity contribution < 1.29 is 9.50 Å². The molecule has 2 N–H and O–H groups in total. The van der Waals surface area contributed by atoms with Gasteiger partial charge in [-0.05, 0) is 36.4 Å². The molecule has 0 amide bonds. The van der Waals surface area contributed by atoms with Crippen LogP contribution in [0.2, 0.25) is 0 Å². The molecule has 2 aromatic heterocycles. The molecular weight excluding hydrogens is 293 g/mol. The first-order valence-electron chi connectivity index (χ1n) is 7.26. The van der Waals surface area contributed by atoms with Crippen molar-refractivity contribution in [2.75, 3.05) is 0 Å². The highest BCUT2D eigenvalue weighted by Gasteiger charge is 2.08. The minimum absolute atomic E-state index is 0.219. The molecule has 0 fully saturated rings. The van der Waals surface area contributed by atoms with Crippen LogP contribution in [0.1, 0.15) is 5.69 Å². The number of aromatic hydroxyl groups is 1. The molecule has 4 aromatic rings. The largest absolute Gasteiger partial charge is 0.508 e. The van der Waals surface area contributed by atoms with Crippen LogP contribution in [0.4, 0.5) is 4.39 Å². The van der Waals surface area contributed by atoms with Gasteiger partial charge in [-0.25, -0.2) is 9.37 Å². The Morgan fingerprint density at radius 3 is 2.91 bits per heavy atom. The van der Waals surface area contributed by atoms with Gasteiger partial charge in [0, 0.05) is 22.2 Å². The number of rotatable bonds is 3. The molecule has 0 radical (unpaired) electrons. The molecule has 0 bridgehead atoms. The van der Waals surface area contributed by atoms with Crippen LogP contribution in [-0.2, 0) is 6.54 Å². The second kappa shape index (κ2) is 5.28. The number of phenols is 1. The normalized spacial score (nSPS) is 11.2. The van der Waals surface area contributed by atoms with Gasteiger partial charge in [0.1, 0.15) is 11.6 Å². The van der Waals surface area contributed by atoms with Crippen LogP contribution in [0.25, 0.3) is 22.2 Å². The third-order valence-corrected chi connectivity index (χ3v) is 3.83. The molecule has 114 valence electrons. The number of nitrogens with one attached hydrogen (secondary N) is 1. The summed E-state index contributed by atoms with van der Waals surface area (Å²) in [5, 5.41) is 10.5. The van der Waals surface area contributed by atoms with Crippen molar-refractivity contribution in [3.8, 4) is 17.0 Å². The van der Waals surface area contributed by atoms with Gasteiger partial charge < -0.3 is 14.7 Å². The third-order valence-electron chi connectivity index (χ3n) is 3.83. The van der Waals surface area contributed by atoms with Gasteiger partial charge in [-0.2, -0.15) is 0 Å². The van der Waals surface area contributed by atoms with Crippen molar-refractivity contribution in [3.63, 3.8) is 0 Å². The predicted molar refractivity (Wildman–Crippen MR) is 86.7 cm³/mol. The molecule has 0 unspecified atom stereocenters. The number of hydrogen-bond acceptors (Lipinski definition) is 2. The van der Waals surface area contributed by atoms with Gasteiger partial charge in [-0.3, -0.25) is 0 Å². The number of aromatic amines is 1. The highest BCUT2D eigenvalue weighted by Crippen LogP contribution is 2.24. The smallest absolute Gasteiger partial charge is 0.123 e. The Labute approximate surface area is 131 Å². The van der Waals surface area contributed by atoms with Crippen LogP contribution >= 0.6 is 0 Å². The fourth-order valence-corrected chi connectivity index (χ4v) is 2.78. The zero-order valence-corrected chi connectivity index (χ0v) is 12.2. The first-order valence-corrected chi connectivity index (χ1v) is 7.26. The van der Waals surface area contributed by atoms with E-state index in [0.29, 0.717) is 6.54 Å². The average Bonchev–Trinajstić information content (AvgIpc) is 3.13. The lowest BCUT2D eigenvalue weighted by Crippen LogP contribution is -2.00. The number of hydrogen-bond donors (Lipinski definition) is 2. The lowest BCUT2D eigenvalue weighted by atomic mass is 10.1. The summed E-state index contributed by atoms with van der Waals surface area (Å²) in [6.07, 6.45) is 3.50. The molecular formula is C18H14FN3O. The van der Waals surface area contributed by atoms with Crippen molar-refractivity contribution in [1.82, 2.24) is 14.5 Å². The molecule has 0 aliphatic carbocycles. The first-order chi connectivity index (χ1) is 11.2. The number of nitrogens with zero attached hydrogens (tertiary/aromatic N) is 2. The second-order valence-electron chi connectivity index (χ2n) is 5.48. The van der Waals surface area contributed by atoms with Gasteiger partial charge in [0.25, 0.3) is 0 Å². The van der Waals surface area contributed by atoms with Crippen molar-refractivity contribution in [3.05, 3.63) is 72.6 Å². The molecule has 0 aliphatic rings. The van der Waals surface area contributed by atoms with Gasteiger partial charge in [0.2, 0.25) is 0 Å². The average molecular weight is 307 g/mol. The number of phenolic OH excluding ortho intramolecular Hbond substituents is 1. The van der Waals surface area contributed by atoms with Gasteiger partial charge in [-0.15, -0.1) is 0 Å². The standard InChI is InChI=1S/C18H14FN3O/c19-14-4-5-17-13(6-14)7-15(21-17)10-22-11-20-9-18(22)12-2-1-3-16(23)8-12/h1-9,11,21,23H,10H2. The summed E-state index contributed by atoms with van der Waals surface area (Å²) in [6.45, 7) is 0.585. The van der Waals surface area contributed by atoms with Crippen molar-refractivity contribution in [2.24, 2.45) is 0 Å². The van der Waals surface area contributed by atoms with Crippen LogP contribution < -0.4 is 0 Å². The highest BCUT2D eigenvalue weighted by atomic mass is 19.1. The van der Waals surface area contributed by atoms with Gasteiger partial charge in [0.05, 0.1) is 24.8 Å². The Morgan fingerprint density at radius 1 is 1.13 bits per heavy atom. The molecule has 0 atom stereocenters. The zero-order chi connectivity index (χ0) is 15.8. The summed E-state index contributed by atoms with van der Waals surface area (Å²) in [5.74, 6) is -0.0255. The van der Waals surface area contributed by atoms with Crippen molar-refractivity contribution >= 4 is 10.9 Å². The monoisotopic (exact) mass is 307 g/mol. The molecule has 4 nitrogen and oxygen atoms in total. The van der Waals surface area contributed by atoms with E-state index in [4.69, 9.17) is 0 Å². The third kappa shape index (κ3) is 2.57. The highest BCUT2D eigenvalue weighted by molar-refractivity contribution is 5.80. The Kier molecular flexibility index (Phi) is 3.12. The molecule has 5 heteroatoms. The maximum atomic E-state index is 13.3. The summed E-state index contributed by atoms with van der Waals surface area (Å²) in [6, 6.07) is 13.7. The Morgan fingerprint density at radius 2 is 2.04 bits per heavy atom. The second-order valence-corrected chi connectivity index (χ2v) is 5.48. The summed E-state index contributed by atoms with van der Waals surface area (Å²) in [5.41, 5.74) is 3.67. The molecule has 23 heavy (non-hydrogen) atoms. The summed E-state index contributed by atoms with van der Waals surface area (Å²) < 4.78 is 15.3. The van der Waals surface area contributed by atoms with Gasteiger partial charge in [0.15, 0.2) is 0 Å². The lowest BCUT2D eigenvalue weighted by Gasteiger charge is -2.07. The van der Waals surface area contributed by atoms with E-state index in [1.807, 2.05) is 16.7 Å². The zero-order valence-electron chi connectivity index (χ0n) is 12.2. The fourth-order valence-electron chi connectivity index (χ4n) is 2.78. The number of H-pyrrole nitrogens is 1.